The van der Waals surface area contributed by atoms with E-state index in [9.17, 15) is 14.7 Å². The van der Waals surface area contributed by atoms with Crippen molar-refractivity contribution in [3.63, 3.8) is 0 Å². The molecule has 0 unspecified atom stereocenters. The van der Waals surface area contributed by atoms with Crippen molar-refractivity contribution in [3.05, 3.63) is 89.2 Å². The van der Waals surface area contributed by atoms with E-state index in [2.05, 4.69) is 10.3 Å². The zero-order chi connectivity index (χ0) is 24.6. The monoisotopic (exact) mass is 464 g/mol. The SMILES string of the molecule is CC(C)(C)OC(=O)NCc1nc(C(=O)O)cc(OCc2ccccc2)c1OCc1ccccc1. The highest BCUT2D eigenvalue weighted by Gasteiger charge is 2.21. The van der Waals surface area contributed by atoms with Crippen LogP contribution in [0.5, 0.6) is 11.5 Å². The van der Waals surface area contributed by atoms with Crippen molar-refractivity contribution in [1.29, 1.82) is 0 Å². The Labute approximate surface area is 198 Å². The first kappa shape index (κ1) is 24.6. The third-order valence-electron chi connectivity index (χ3n) is 4.49. The molecule has 0 spiro atoms. The Balaban J connectivity index is 1.91. The van der Waals surface area contributed by atoms with Gasteiger partial charge in [0.05, 0.1) is 6.54 Å². The lowest BCUT2D eigenvalue weighted by Gasteiger charge is -2.20. The number of aromatic nitrogens is 1. The van der Waals surface area contributed by atoms with Gasteiger partial charge in [0.1, 0.15) is 24.5 Å². The maximum absolute atomic E-state index is 12.2. The van der Waals surface area contributed by atoms with Gasteiger partial charge in [0, 0.05) is 6.07 Å². The number of nitrogens with one attached hydrogen (secondary N) is 1. The lowest BCUT2D eigenvalue weighted by molar-refractivity contribution is 0.0522. The van der Waals surface area contributed by atoms with Crippen LogP contribution in [0.25, 0.3) is 0 Å². The molecule has 3 rings (SSSR count). The quantitative estimate of drug-likeness (QED) is 0.461. The van der Waals surface area contributed by atoms with Gasteiger partial charge in [-0.2, -0.15) is 0 Å². The van der Waals surface area contributed by atoms with E-state index >= 15 is 0 Å². The van der Waals surface area contributed by atoms with Gasteiger partial charge < -0.3 is 24.6 Å². The third-order valence-corrected chi connectivity index (χ3v) is 4.49. The van der Waals surface area contributed by atoms with Crippen molar-refractivity contribution in [1.82, 2.24) is 10.3 Å². The summed E-state index contributed by atoms with van der Waals surface area (Å²) in [5.74, 6) is -0.758. The number of carbonyl (C=O) groups excluding carboxylic acids is 1. The molecular formula is C26H28N2O6. The van der Waals surface area contributed by atoms with E-state index in [-0.39, 0.29) is 42.6 Å². The number of benzene rings is 2. The summed E-state index contributed by atoms with van der Waals surface area (Å²) < 4.78 is 17.3. The Morgan fingerprint density at radius 3 is 2.00 bits per heavy atom. The number of ether oxygens (including phenoxy) is 3. The van der Waals surface area contributed by atoms with Gasteiger partial charge in [0.15, 0.2) is 17.2 Å². The Hall–Kier alpha value is -4.07. The summed E-state index contributed by atoms with van der Waals surface area (Å²) in [6.45, 7) is 5.54. The van der Waals surface area contributed by atoms with E-state index in [1.54, 1.807) is 20.8 Å². The first-order chi connectivity index (χ1) is 16.2. The predicted molar refractivity (Wildman–Crippen MR) is 126 cm³/mol. The number of amides is 1. The fourth-order valence-electron chi connectivity index (χ4n) is 2.99. The summed E-state index contributed by atoms with van der Waals surface area (Å²) in [5, 5.41) is 12.2. The number of hydrogen-bond acceptors (Lipinski definition) is 6. The highest BCUT2D eigenvalue weighted by molar-refractivity contribution is 5.86. The molecule has 0 fully saturated rings. The standard InChI is InChI=1S/C26H28N2O6/c1-26(2,3)34-25(31)27-15-21-23(33-17-19-12-8-5-9-13-19)22(14-20(28-21)24(29)30)32-16-18-10-6-4-7-11-18/h4-14H,15-17H2,1-3H3,(H,27,31)(H,29,30). The highest BCUT2D eigenvalue weighted by Crippen LogP contribution is 2.33. The van der Waals surface area contributed by atoms with Gasteiger partial charge in [-0.25, -0.2) is 14.6 Å². The van der Waals surface area contributed by atoms with Crippen molar-refractivity contribution in [3.8, 4) is 11.5 Å². The summed E-state index contributed by atoms with van der Waals surface area (Å²) in [6, 6.07) is 20.3. The highest BCUT2D eigenvalue weighted by atomic mass is 16.6. The maximum Gasteiger partial charge on any atom is 0.407 e. The van der Waals surface area contributed by atoms with Crippen LogP contribution in [-0.4, -0.2) is 27.8 Å². The normalized spacial score (nSPS) is 10.9. The molecule has 0 aliphatic rings. The van der Waals surface area contributed by atoms with Gasteiger partial charge in [0.25, 0.3) is 0 Å². The molecule has 0 aliphatic heterocycles. The molecule has 1 aromatic heterocycles. The molecule has 0 aliphatic carbocycles. The lowest BCUT2D eigenvalue weighted by atomic mass is 10.2. The largest absolute Gasteiger partial charge is 0.485 e. The van der Waals surface area contributed by atoms with Crippen LogP contribution in [0.1, 0.15) is 48.1 Å². The minimum atomic E-state index is -1.22. The van der Waals surface area contributed by atoms with Gasteiger partial charge in [-0.05, 0) is 31.9 Å². The number of pyridine rings is 1. The molecule has 0 bridgehead atoms. The zero-order valence-electron chi connectivity index (χ0n) is 19.4. The Morgan fingerprint density at radius 2 is 1.47 bits per heavy atom. The molecule has 0 radical (unpaired) electrons. The van der Waals surface area contributed by atoms with Gasteiger partial charge in [0.2, 0.25) is 0 Å². The molecule has 0 saturated carbocycles. The number of carboxylic acid groups (broad SMARTS) is 1. The second-order valence-corrected chi connectivity index (χ2v) is 8.49. The van der Waals surface area contributed by atoms with E-state index in [1.807, 2.05) is 60.7 Å². The molecular weight excluding hydrogens is 436 g/mol. The van der Waals surface area contributed by atoms with E-state index in [4.69, 9.17) is 14.2 Å². The lowest BCUT2D eigenvalue weighted by Crippen LogP contribution is -2.32. The number of hydrogen-bond donors (Lipinski definition) is 2. The Morgan fingerprint density at radius 1 is 0.912 bits per heavy atom. The number of carbonyl (C=O) groups is 2. The van der Waals surface area contributed by atoms with Crippen LogP contribution < -0.4 is 14.8 Å². The van der Waals surface area contributed by atoms with Crippen LogP contribution in [0.15, 0.2) is 66.7 Å². The minimum Gasteiger partial charge on any atom is -0.485 e. The molecule has 2 N–H and O–H groups in total. The number of nitrogens with zero attached hydrogens (tertiary/aromatic N) is 1. The van der Waals surface area contributed by atoms with Crippen molar-refractivity contribution < 1.29 is 28.9 Å². The van der Waals surface area contributed by atoms with Crippen molar-refractivity contribution in [2.75, 3.05) is 0 Å². The minimum absolute atomic E-state index is 0.109. The summed E-state index contributed by atoms with van der Waals surface area (Å²) >= 11 is 0. The van der Waals surface area contributed by atoms with Gasteiger partial charge >= 0.3 is 12.1 Å². The van der Waals surface area contributed by atoms with E-state index in [0.717, 1.165) is 11.1 Å². The van der Waals surface area contributed by atoms with Gasteiger partial charge in [-0.15, -0.1) is 0 Å². The molecule has 8 nitrogen and oxygen atoms in total. The first-order valence-corrected chi connectivity index (χ1v) is 10.8. The van der Waals surface area contributed by atoms with E-state index in [1.165, 1.54) is 6.07 Å². The van der Waals surface area contributed by atoms with Crippen LogP contribution in [0, 0.1) is 0 Å². The van der Waals surface area contributed by atoms with Crippen LogP contribution in [0.3, 0.4) is 0 Å². The maximum atomic E-state index is 12.2. The summed E-state index contributed by atoms with van der Waals surface area (Å²) in [7, 11) is 0. The van der Waals surface area contributed by atoms with Crippen LogP contribution in [0.4, 0.5) is 4.79 Å². The van der Waals surface area contributed by atoms with Gasteiger partial charge in [-0.1, -0.05) is 60.7 Å². The molecule has 1 heterocycles. The Kier molecular flexibility index (Phi) is 8.08. The van der Waals surface area contributed by atoms with E-state index in [0.29, 0.717) is 0 Å². The van der Waals surface area contributed by atoms with Crippen molar-refractivity contribution in [2.45, 2.75) is 46.1 Å². The topological polar surface area (TPSA) is 107 Å². The average Bonchev–Trinajstić information content (AvgIpc) is 2.80. The van der Waals surface area contributed by atoms with Crippen LogP contribution >= 0.6 is 0 Å². The molecule has 0 saturated heterocycles. The molecule has 2 aromatic carbocycles. The average molecular weight is 465 g/mol. The molecule has 34 heavy (non-hydrogen) atoms. The number of alkyl carbamates (subject to hydrolysis) is 1. The first-order valence-electron chi connectivity index (χ1n) is 10.8. The Bertz CT molecular complexity index is 1110. The molecule has 0 atom stereocenters. The summed E-state index contributed by atoms with van der Waals surface area (Å²) in [4.78, 5) is 28.1. The molecule has 1 amide bonds. The van der Waals surface area contributed by atoms with Crippen molar-refractivity contribution in [2.24, 2.45) is 0 Å². The van der Waals surface area contributed by atoms with E-state index < -0.39 is 17.7 Å². The molecule has 8 heteroatoms. The second kappa shape index (κ2) is 11.2. The van der Waals surface area contributed by atoms with Crippen molar-refractivity contribution >= 4 is 12.1 Å². The number of rotatable bonds is 9. The summed E-state index contributed by atoms with van der Waals surface area (Å²) in [5.41, 5.74) is 1.11. The summed E-state index contributed by atoms with van der Waals surface area (Å²) in [6.07, 6.45) is -0.657. The van der Waals surface area contributed by atoms with Crippen LogP contribution in [0.2, 0.25) is 0 Å². The zero-order valence-corrected chi connectivity index (χ0v) is 19.4. The fourth-order valence-corrected chi connectivity index (χ4v) is 2.99. The molecule has 3 aromatic rings. The smallest absolute Gasteiger partial charge is 0.407 e. The molecule has 178 valence electrons. The van der Waals surface area contributed by atoms with Crippen LogP contribution in [-0.2, 0) is 24.5 Å². The second-order valence-electron chi connectivity index (χ2n) is 8.49. The number of aromatic carboxylic acids is 1. The fraction of sp³-hybridized carbons (Fsp3) is 0.269. The predicted octanol–water partition coefficient (Wildman–Crippen LogP) is 4.96. The number of carboxylic acids is 1. The van der Waals surface area contributed by atoms with Gasteiger partial charge in [-0.3, -0.25) is 0 Å². The third kappa shape index (κ3) is 7.51.